The monoisotopic (exact) mass is 998 g/mol. The van der Waals surface area contributed by atoms with Crippen LogP contribution in [0.2, 0.25) is 0 Å². The second-order valence-corrected chi connectivity index (χ2v) is 10.8. The molecule has 22 heteroatoms. The Morgan fingerprint density at radius 2 is 0.697 bits per heavy atom. The molecule has 0 fully saturated rings. The average Bonchev–Trinajstić information content (AvgIpc) is 3.90. The Morgan fingerprint density at radius 3 is 0.909 bits per heavy atom. The van der Waals surface area contributed by atoms with E-state index in [4.69, 9.17) is 60.7 Å². The van der Waals surface area contributed by atoms with Crippen LogP contribution in [0.4, 0.5) is 0 Å². The van der Waals surface area contributed by atoms with Gasteiger partial charge in [0.1, 0.15) is 11.4 Å². The third-order valence-electron chi connectivity index (χ3n) is 5.32. The van der Waals surface area contributed by atoms with Crippen molar-refractivity contribution in [2.75, 3.05) is 0 Å². The van der Waals surface area contributed by atoms with Gasteiger partial charge in [0.05, 0.1) is 61.1 Å². The van der Waals surface area contributed by atoms with Gasteiger partial charge in [0.25, 0.3) is 0 Å². The number of hydrogen-bond acceptors (Lipinski definition) is 18. The van der Waals surface area contributed by atoms with Gasteiger partial charge in [0.15, 0.2) is 0 Å². The van der Waals surface area contributed by atoms with Crippen molar-refractivity contribution in [3.63, 3.8) is 0 Å². The Morgan fingerprint density at radius 1 is 0.470 bits per heavy atom. The molecule has 0 aliphatic rings. The number of rotatable bonds is 6. The minimum atomic E-state index is -1.08. The van der Waals surface area contributed by atoms with Gasteiger partial charge in [-0.2, -0.15) is 21.0 Å². The summed E-state index contributed by atoms with van der Waals surface area (Å²) in [5, 5.41) is 81.4. The number of carboxylic acid groups (broad SMARTS) is 4. The van der Waals surface area contributed by atoms with Gasteiger partial charge in [0, 0.05) is 75.1 Å². The van der Waals surface area contributed by atoms with Crippen molar-refractivity contribution in [2.45, 2.75) is 68.5 Å². The molecule has 4 heterocycles. The minimum absolute atomic E-state index is 0. The van der Waals surface area contributed by atoms with Crippen LogP contribution >= 0.6 is 0 Å². The number of carboxylic acids is 4. The zero-order valence-electron chi connectivity index (χ0n) is 37.2. The van der Waals surface area contributed by atoms with Crippen LogP contribution < -0.4 is 20.4 Å². The number of hydrogen-bond donors (Lipinski definition) is 0. The maximum Gasteiger partial charge on any atom is 2.00 e. The van der Waals surface area contributed by atoms with Crippen molar-refractivity contribution in [3.05, 3.63) is 133 Å². The fraction of sp³-hybridized carbons (Fsp3) is 0.227. The standard InChI is InChI=1S/2C14H12N4.4C2H3N.4C2H4O2.2Cu/c2*1-2-6-12(7-3-1)14-11-18(17-16-14)10-13-8-4-5-9-15-13;4*1-2-3;4*1-2(3)4;;/h2*1-9,11H,10H2;4*1H3;4*1H3,(H,3,4);;/q;;;;;;;;;;2*+2/p-4. The van der Waals surface area contributed by atoms with Gasteiger partial charge in [-0.15, -0.1) is 10.2 Å². The summed E-state index contributed by atoms with van der Waals surface area (Å²) in [6.45, 7) is 10.9. The fourth-order valence-electron chi connectivity index (χ4n) is 3.55. The molecule has 2 aromatic carbocycles. The second-order valence-electron chi connectivity index (χ2n) is 10.8. The Balaban J connectivity index is -0.000000173. The fourth-order valence-corrected chi connectivity index (χ4v) is 3.55. The van der Waals surface area contributed by atoms with Crippen LogP contribution in [0.15, 0.2) is 122 Å². The molecule has 354 valence electrons. The van der Waals surface area contributed by atoms with Crippen molar-refractivity contribution in [1.82, 2.24) is 40.0 Å². The first-order valence-corrected chi connectivity index (χ1v) is 18.1. The van der Waals surface area contributed by atoms with Crippen molar-refractivity contribution in [2.24, 2.45) is 0 Å². The molecule has 0 bridgehead atoms. The molecule has 6 rings (SSSR count). The maximum absolute atomic E-state index is 8.89. The zero-order chi connectivity index (χ0) is 49.6. The van der Waals surface area contributed by atoms with Gasteiger partial charge in [-0.3, -0.25) is 9.97 Å². The van der Waals surface area contributed by atoms with Crippen LogP contribution in [0.1, 0.15) is 66.8 Å². The predicted octanol–water partition coefficient (Wildman–Crippen LogP) is 1.92. The van der Waals surface area contributed by atoms with E-state index in [1.165, 1.54) is 27.7 Å². The smallest absolute Gasteiger partial charge is 0.550 e. The molecular weight excluding hydrogens is 952 g/mol. The molecule has 0 unspecified atom stereocenters. The largest absolute Gasteiger partial charge is 2.00 e. The number of pyridine rings is 2. The Kier molecular flexibility index (Phi) is 52.3. The molecule has 66 heavy (non-hydrogen) atoms. The summed E-state index contributed by atoms with van der Waals surface area (Å²) in [6.07, 6.45) is 7.43. The van der Waals surface area contributed by atoms with Crippen LogP contribution in [0.3, 0.4) is 0 Å². The van der Waals surface area contributed by atoms with Crippen molar-refractivity contribution in [3.8, 4) is 46.8 Å². The molecule has 0 saturated carbocycles. The number of carbonyl (C=O) groups is 4. The second kappa shape index (κ2) is 49.6. The summed E-state index contributed by atoms with van der Waals surface area (Å²) in [4.78, 5) is 44.1. The van der Waals surface area contributed by atoms with Crippen LogP contribution in [0, 0.1) is 45.3 Å². The minimum Gasteiger partial charge on any atom is -0.550 e. The molecule has 2 radical (unpaired) electrons. The topological polar surface area (TPSA) is 343 Å². The van der Waals surface area contributed by atoms with E-state index in [0.717, 1.165) is 61.6 Å². The van der Waals surface area contributed by atoms with Crippen LogP contribution in [-0.2, 0) is 66.4 Å². The van der Waals surface area contributed by atoms with Crippen LogP contribution in [0.5, 0.6) is 0 Å². The molecule has 4 aromatic heterocycles. The summed E-state index contributed by atoms with van der Waals surface area (Å²) in [6, 6.07) is 38.7. The summed E-state index contributed by atoms with van der Waals surface area (Å²) in [5.74, 6) is -4.33. The molecule has 0 aliphatic heterocycles. The molecule has 0 N–H and O–H groups in total. The summed E-state index contributed by atoms with van der Waals surface area (Å²) < 4.78 is 3.59. The molecule has 0 aliphatic carbocycles. The van der Waals surface area contributed by atoms with E-state index in [-0.39, 0.29) is 34.1 Å². The number of carbonyl (C=O) groups excluding carboxylic acids is 4. The van der Waals surface area contributed by atoms with Crippen LogP contribution in [-0.4, -0.2) is 63.8 Å². The molecule has 0 spiro atoms. The number of aromatic nitrogens is 8. The predicted molar refractivity (Wildman–Crippen MR) is 225 cm³/mol. The van der Waals surface area contributed by atoms with E-state index < -0.39 is 23.9 Å². The SMILES string of the molecule is CC#N.CC#N.CC#N.CC#N.CC(=O)[O-].CC(=O)[O-].CC(=O)[O-].CC(=O)[O-].[Cu+2].[Cu+2].c1ccc(-c2cn(Cc3ccccn3)nn2)cc1.c1ccc(-c2cn(Cc3ccccn3)nn2)cc1. The first-order valence-electron chi connectivity index (χ1n) is 18.1. The molecular formula is C44H48Cu2N12O8. The van der Waals surface area contributed by atoms with Crippen LogP contribution in [0.25, 0.3) is 22.5 Å². The van der Waals surface area contributed by atoms with Gasteiger partial charge in [-0.05, 0) is 52.0 Å². The Hall–Kier alpha value is -8.10. The number of aliphatic carboxylic acids is 4. The number of nitriles is 4. The van der Waals surface area contributed by atoms with Crippen molar-refractivity contribution >= 4 is 23.9 Å². The molecule has 0 saturated heterocycles. The molecule has 20 nitrogen and oxygen atoms in total. The van der Waals surface area contributed by atoms with Gasteiger partial charge in [0.2, 0.25) is 0 Å². The van der Waals surface area contributed by atoms with Gasteiger partial charge in [-0.25, -0.2) is 9.36 Å². The molecule has 6 aromatic rings. The zero-order valence-corrected chi connectivity index (χ0v) is 39.1. The van der Waals surface area contributed by atoms with E-state index >= 15 is 0 Å². The van der Waals surface area contributed by atoms with Crippen molar-refractivity contribution in [1.29, 1.82) is 21.0 Å². The van der Waals surface area contributed by atoms with E-state index in [1.807, 2.05) is 109 Å². The Bertz CT molecular complexity index is 2070. The van der Waals surface area contributed by atoms with Gasteiger partial charge < -0.3 is 39.6 Å². The van der Waals surface area contributed by atoms with E-state index in [9.17, 15) is 0 Å². The quantitative estimate of drug-likeness (QED) is 0.215. The first kappa shape index (κ1) is 69.6. The molecule has 0 amide bonds. The third kappa shape index (κ3) is 50.3. The summed E-state index contributed by atoms with van der Waals surface area (Å²) in [7, 11) is 0. The van der Waals surface area contributed by atoms with Gasteiger partial charge in [-0.1, -0.05) is 83.2 Å². The number of nitrogens with zero attached hydrogens (tertiary/aromatic N) is 12. The average molecular weight is 1000 g/mol. The summed E-state index contributed by atoms with van der Waals surface area (Å²) >= 11 is 0. The number of benzene rings is 2. The van der Waals surface area contributed by atoms with Crippen molar-refractivity contribution < 1.29 is 73.7 Å². The van der Waals surface area contributed by atoms with E-state index in [1.54, 1.807) is 46.0 Å². The van der Waals surface area contributed by atoms with Gasteiger partial charge >= 0.3 is 34.1 Å². The Labute approximate surface area is 405 Å². The maximum atomic E-state index is 8.89. The third-order valence-corrected chi connectivity index (χ3v) is 5.32. The summed E-state index contributed by atoms with van der Waals surface area (Å²) in [5.41, 5.74) is 5.86. The normalized spacial score (nSPS) is 7.70. The first-order chi connectivity index (χ1) is 30.4. The van der Waals surface area contributed by atoms with E-state index in [0.29, 0.717) is 13.1 Å². The van der Waals surface area contributed by atoms with E-state index in [2.05, 4.69) is 30.6 Å². The molecule has 0 atom stereocenters.